The molecule has 3 rings (SSSR count). The van der Waals surface area contributed by atoms with Crippen molar-refractivity contribution >= 4 is 5.91 Å². The Morgan fingerprint density at radius 1 is 1.19 bits per heavy atom. The molecule has 0 radical (unpaired) electrons. The summed E-state index contributed by atoms with van der Waals surface area (Å²) in [5.74, 6) is 0.399. The lowest BCUT2D eigenvalue weighted by molar-refractivity contribution is 0.0467. The number of piperidine rings is 1. The first-order valence-electron chi connectivity index (χ1n) is 9.69. The Morgan fingerprint density at radius 2 is 1.85 bits per heavy atom. The summed E-state index contributed by atoms with van der Waals surface area (Å²) in [6.07, 6.45) is 2.09. The molecular formula is C22H30N2O2. The fourth-order valence-electron chi connectivity index (χ4n) is 4.18. The first kappa shape index (κ1) is 18.7. The number of nitrogens with zero attached hydrogens (tertiary/aromatic N) is 2. The number of carbonyl (C=O) groups is 1. The van der Waals surface area contributed by atoms with Gasteiger partial charge >= 0.3 is 0 Å². The van der Waals surface area contributed by atoms with Gasteiger partial charge in [0, 0.05) is 31.0 Å². The van der Waals surface area contributed by atoms with Crippen LogP contribution in [0.15, 0.2) is 36.4 Å². The highest BCUT2D eigenvalue weighted by molar-refractivity contribution is 5.95. The van der Waals surface area contributed by atoms with E-state index in [0.29, 0.717) is 6.42 Å². The molecule has 1 aliphatic heterocycles. The van der Waals surface area contributed by atoms with Gasteiger partial charge in [0.25, 0.3) is 5.91 Å². The van der Waals surface area contributed by atoms with Crippen molar-refractivity contribution in [2.45, 2.75) is 52.7 Å². The van der Waals surface area contributed by atoms with Gasteiger partial charge in [-0.25, -0.2) is 0 Å². The van der Waals surface area contributed by atoms with Gasteiger partial charge in [-0.05, 0) is 57.6 Å². The van der Waals surface area contributed by atoms with Crippen molar-refractivity contribution in [2.24, 2.45) is 5.92 Å². The average molecular weight is 354 g/mol. The molecule has 0 unspecified atom stereocenters. The van der Waals surface area contributed by atoms with Crippen LogP contribution in [0.25, 0.3) is 0 Å². The maximum atomic E-state index is 12.9. The Bertz CT molecular complexity index is 743. The number of carbonyl (C=O) groups excluding carboxylic acids is 1. The van der Waals surface area contributed by atoms with E-state index in [-0.39, 0.29) is 17.9 Å². The zero-order valence-corrected chi connectivity index (χ0v) is 16.1. The standard InChI is InChI=1S/C22H30N2O2/c1-4-24-16(2)14-20(17(24)3)22(26)23-12-10-19(11-13-23)21(25)15-18-8-6-5-7-9-18/h5-9,14,19,21,25H,4,10-13,15H2,1-3H3/t21-/m1/s1. The highest BCUT2D eigenvalue weighted by Gasteiger charge is 2.29. The molecule has 1 aromatic heterocycles. The topological polar surface area (TPSA) is 45.5 Å². The Balaban J connectivity index is 1.59. The van der Waals surface area contributed by atoms with Gasteiger partial charge in [0.15, 0.2) is 0 Å². The molecule has 1 aliphatic rings. The zero-order chi connectivity index (χ0) is 18.7. The minimum Gasteiger partial charge on any atom is -0.392 e. The second kappa shape index (κ2) is 8.09. The van der Waals surface area contributed by atoms with Crippen LogP contribution in [0, 0.1) is 19.8 Å². The minimum absolute atomic E-state index is 0.133. The molecule has 1 atom stereocenters. The monoisotopic (exact) mass is 354 g/mol. The molecule has 0 aliphatic carbocycles. The Morgan fingerprint density at radius 3 is 2.42 bits per heavy atom. The molecule has 0 bridgehead atoms. The molecule has 0 saturated carbocycles. The Hall–Kier alpha value is -2.07. The molecule has 1 N–H and O–H groups in total. The molecule has 4 heteroatoms. The largest absolute Gasteiger partial charge is 0.392 e. The fourth-order valence-corrected chi connectivity index (χ4v) is 4.18. The molecule has 26 heavy (non-hydrogen) atoms. The second-order valence-corrected chi connectivity index (χ2v) is 7.42. The van der Waals surface area contributed by atoms with Crippen LogP contribution >= 0.6 is 0 Å². The third kappa shape index (κ3) is 3.85. The van der Waals surface area contributed by atoms with Crippen molar-refractivity contribution in [3.05, 3.63) is 58.9 Å². The molecule has 2 aromatic rings. The summed E-state index contributed by atoms with van der Waals surface area (Å²) >= 11 is 0. The predicted octanol–water partition coefficient (Wildman–Crippen LogP) is 3.58. The van der Waals surface area contributed by atoms with Gasteiger partial charge < -0.3 is 14.6 Å². The summed E-state index contributed by atoms with van der Waals surface area (Å²) in [4.78, 5) is 14.9. The zero-order valence-electron chi connectivity index (χ0n) is 16.1. The van der Waals surface area contributed by atoms with Crippen LogP contribution in [-0.2, 0) is 13.0 Å². The smallest absolute Gasteiger partial charge is 0.255 e. The van der Waals surface area contributed by atoms with E-state index in [1.165, 1.54) is 5.56 Å². The van der Waals surface area contributed by atoms with Crippen LogP contribution in [0.4, 0.5) is 0 Å². The van der Waals surface area contributed by atoms with Gasteiger partial charge in [0.05, 0.1) is 11.7 Å². The number of aliphatic hydroxyl groups excluding tert-OH is 1. The number of hydrogen-bond donors (Lipinski definition) is 1. The average Bonchev–Trinajstić information content (AvgIpc) is 2.95. The van der Waals surface area contributed by atoms with Crippen LogP contribution in [-0.4, -0.2) is 39.7 Å². The van der Waals surface area contributed by atoms with Crippen molar-refractivity contribution in [2.75, 3.05) is 13.1 Å². The van der Waals surface area contributed by atoms with E-state index < -0.39 is 0 Å². The third-order valence-electron chi connectivity index (χ3n) is 5.78. The summed E-state index contributed by atoms with van der Waals surface area (Å²) in [5, 5.41) is 10.6. The molecular weight excluding hydrogens is 324 g/mol. The van der Waals surface area contributed by atoms with Gasteiger partial charge in [-0.3, -0.25) is 4.79 Å². The lowest BCUT2D eigenvalue weighted by atomic mass is 9.87. The number of aliphatic hydroxyl groups is 1. The maximum absolute atomic E-state index is 12.9. The van der Waals surface area contributed by atoms with Crippen LogP contribution < -0.4 is 0 Å². The van der Waals surface area contributed by atoms with Crippen molar-refractivity contribution < 1.29 is 9.90 Å². The summed E-state index contributed by atoms with van der Waals surface area (Å²) in [5.41, 5.74) is 4.20. The maximum Gasteiger partial charge on any atom is 0.255 e. The first-order chi connectivity index (χ1) is 12.5. The number of aromatic nitrogens is 1. The van der Waals surface area contributed by atoms with Crippen molar-refractivity contribution in [1.29, 1.82) is 0 Å². The van der Waals surface area contributed by atoms with Gasteiger partial charge in [-0.2, -0.15) is 0 Å². The predicted molar refractivity (Wildman–Crippen MR) is 104 cm³/mol. The summed E-state index contributed by atoms with van der Waals surface area (Å²) in [6.45, 7) is 8.53. The highest BCUT2D eigenvalue weighted by Crippen LogP contribution is 2.25. The Kier molecular flexibility index (Phi) is 5.82. The lowest BCUT2D eigenvalue weighted by Crippen LogP contribution is -2.41. The lowest BCUT2D eigenvalue weighted by Gasteiger charge is -2.34. The van der Waals surface area contributed by atoms with E-state index in [4.69, 9.17) is 0 Å². The van der Waals surface area contributed by atoms with E-state index in [0.717, 1.165) is 49.4 Å². The molecule has 1 aromatic carbocycles. The molecule has 1 amide bonds. The molecule has 140 valence electrons. The molecule has 0 spiro atoms. The molecule has 1 saturated heterocycles. The van der Waals surface area contributed by atoms with Crippen molar-refractivity contribution in [3.8, 4) is 0 Å². The third-order valence-corrected chi connectivity index (χ3v) is 5.78. The van der Waals surface area contributed by atoms with E-state index in [2.05, 4.69) is 30.5 Å². The van der Waals surface area contributed by atoms with E-state index in [9.17, 15) is 9.90 Å². The van der Waals surface area contributed by atoms with Crippen molar-refractivity contribution in [3.63, 3.8) is 0 Å². The molecule has 2 heterocycles. The SMILES string of the molecule is CCn1c(C)cc(C(=O)N2CCC([C@H](O)Cc3ccccc3)CC2)c1C. The quantitative estimate of drug-likeness (QED) is 0.892. The van der Waals surface area contributed by atoms with Crippen LogP contribution in [0.2, 0.25) is 0 Å². The molecule has 1 fully saturated rings. The normalized spacial score (nSPS) is 16.7. The van der Waals surface area contributed by atoms with E-state index in [1.54, 1.807) is 0 Å². The van der Waals surface area contributed by atoms with Crippen LogP contribution in [0.3, 0.4) is 0 Å². The number of aryl methyl sites for hydroxylation is 1. The Labute approximate surface area is 156 Å². The highest BCUT2D eigenvalue weighted by atomic mass is 16.3. The molecule has 4 nitrogen and oxygen atoms in total. The number of benzene rings is 1. The van der Waals surface area contributed by atoms with Gasteiger partial charge in [-0.1, -0.05) is 30.3 Å². The van der Waals surface area contributed by atoms with Gasteiger partial charge in [0.1, 0.15) is 0 Å². The van der Waals surface area contributed by atoms with Crippen LogP contribution in [0.1, 0.15) is 47.1 Å². The van der Waals surface area contributed by atoms with E-state index in [1.807, 2.05) is 36.1 Å². The summed E-state index contributed by atoms with van der Waals surface area (Å²) in [7, 11) is 0. The van der Waals surface area contributed by atoms with E-state index >= 15 is 0 Å². The number of rotatable bonds is 5. The number of amides is 1. The number of likely N-dealkylation sites (tertiary alicyclic amines) is 1. The first-order valence-corrected chi connectivity index (χ1v) is 9.69. The van der Waals surface area contributed by atoms with Gasteiger partial charge in [-0.15, -0.1) is 0 Å². The van der Waals surface area contributed by atoms with Crippen LogP contribution in [0.5, 0.6) is 0 Å². The summed E-state index contributed by atoms with van der Waals surface area (Å²) in [6, 6.07) is 12.1. The second-order valence-electron chi connectivity index (χ2n) is 7.42. The summed E-state index contributed by atoms with van der Waals surface area (Å²) < 4.78 is 2.18. The fraction of sp³-hybridized carbons (Fsp3) is 0.500. The van der Waals surface area contributed by atoms with Gasteiger partial charge in [0.2, 0.25) is 0 Å². The number of hydrogen-bond acceptors (Lipinski definition) is 2. The van der Waals surface area contributed by atoms with Crippen molar-refractivity contribution in [1.82, 2.24) is 9.47 Å². The minimum atomic E-state index is -0.334.